The molecule has 0 saturated carbocycles. The van der Waals surface area contributed by atoms with E-state index in [1.165, 1.54) is 135 Å². The molecule has 2 N–H and O–H groups in total. The summed E-state index contributed by atoms with van der Waals surface area (Å²) in [7, 11) is 1.47. The van der Waals surface area contributed by atoms with E-state index in [1.54, 1.807) is 0 Å². The number of nitrogens with zero attached hydrogens (tertiary/aromatic N) is 1. The lowest BCUT2D eigenvalue weighted by molar-refractivity contribution is -0.870. The number of allylic oxidation sites excluding steroid dienone is 11. The van der Waals surface area contributed by atoms with Crippen molar-refractivity contribution in [2.24, 2.45) is 0 Å². The highest BCUT2D eigenvalue weighted by molar-refractivity contribution is 7.47. The van der Waals surface area contributed by atoms with Crippen LogP contribution in [0.3, 0.4) is 0 Å². The molecule has 1 amide bonds. The molecule has 0 aliphatic rings. The molecule has 9 nitrogen and oxygen atoms in total. The number of carbonyl (C=O) groups is 2. The van der Waals surface area contributed by atoms with Crippen LogP contribution in [0.15, 0.2) is 72.9 Å². The molecule has 0 aliphatic carbocycles. The zero-order valence-corrected chi connectivity index (χ0v) is 50.0. The van der Waals surface area contributed by atoms with Crippen LogP contribution < -0.4 is 5.32 Å². The number of esters is 1. The van der Waals surface area contributed by atoms with Crippen molar-refractivity contribution in [1.29, 1.82) is 0 Å². The molecule has 3 unspecified atom stereocenters. The average Bonchev–Trinajstić information content (AvgIpc) is 3.36. The number of rotatable bonds is 55. The van der Waals surface area contributed by atoms with E-state index in [0.29, 0.717) is 23.9 Å². The van der Waals surface area contributed by atoms with Crippen molar-refractivity contribution in [3.63, 3.8) is 0 Å². The largest absolute Gasteiger partial charge is 0.472 e. The summed E-state index contributed by atoms with van der Waals surface area (Å²) >= 11 is 0. The predicted molar refractivity (Wildman–Crippen MR) is 318 cm³/mol. The maximum atomic E-state index is 13.5. The average molecular weight is 1060 g/mol. The molecule has 430 valence electrons. The Balaban J connectivity index is 5.39. The second-order valence-electron chi connectivity index (χ2n) is 21.9. The summed E-state index contributed by atoms with van der Waals surface area (Å²) in [6.07, 6.45) is 68.9. The lowest BCUT2D eigenvalue weighted by Crippen LogP contribution is -2.47. The van der Waals surface area contributed by atoms with Crippen LogP contribution in [-0.4, -0.2) is 74.3 Å². The fourth-order valence-electron chi connectivity index (χ4n) is 8.56. The maximum absolute atomic E-state index is 13.5. The summed E-state index contributed by atoms with van der Waals surface area (Å²) in [5.41, 5.74) is 0. The van der Waals surface area contributed by atoms with E-state index in [9.17, 15) is 19.0 Å². The van der Waals surface area contributed by atoms with Crippen LogP contribution in [0.25, 0.3) is 0 Å². The van der Waals surface area contributed by atoms with Crippen LogP contribution in [0.1, 0.15) is 271 Å². The van der Waals surface area contributed by atoms with Gasteiger partial charge in [-0.15, -0.1) is 0 Å². The lowest BCUT2D eigenvalue weighted by Gasteiger charge is -2.27. The van der Waals surface area contributed by atoms with Crippen molar-refractivity contribution in [2.75, 3.05) is 40.9 Å². The molecule has 0 aliphatic heterocycles. The van der Waals surface area contributed by atoms with E-state index < -0.39 is 20.0 Å². The number of nitrogens with one attached hydrogen (secondary N) is 1. The van der Waals surface area contributed by atoms with E-state index in [0.717, 1.165) is 96.3 Å². The first-order chi connectivity index (χ1) is 35.9. The molecule has 0 bridgehead atoms. The van der Waals surface area contributed by atoms with E-state index in [4.69, 9.17) is 13.8 Å². The number of hydrogen-bond donors (Lipinski definition) is 2. The highest BCUT2D eigenvalue weighted by atomic mass is 31.2. The molecular weight excluding hydrogens is 940 g/mol. The number of unbranched alkanes of at least 4 members (excludes halogenated alkanes) is 29. The van der Waals surface area contributed by atoms with E-state index >= 15 is 0 Å². The number of amides is 1. The van der Waals surface area contributed by atoms with Crippen LogP contribution in [0.5, 0.6) is 0 Å². The Hall–Kier alpha value is -2.55. The standard InChI is InChI=1S/C64H117N2O7P/c1-7-10-13-16-19-22-25-28-30-32-33-34-36-39-42-45-48-51-54-57-64(68)73-62(55-52-49-46-43-40-37-27-24-21-18-15-12-9-3)61(60-72-74(69,70)71-59-58-66(4,5)6)65-63(67)56-53-50-47-44-41-38-35-31-29-26-23-20-17-14-11-8-2/h19,22,28,30-31,33-35,39,42,52,55,61-62H,7-18,20-21,23-27,29,32,36-38,40-41,43-51,53-54,56-60H2,1-6H3,(H-,65,67,69,70)/p+1/b22-19-,30-28-,34-33-,35-31+,42-39-,55-52+. The third-order valence-electron chi connectivity index (χ3n) is 13.4. The third-order valence-corrected chi connectivity index (χ3v) is 14.4. The number of carbonyl (C=O) groups excluding carboxylic acids is 2. The Morgan fingerprint density at radius 2 is 0.824 bits per heavy atom. The molecule has 0 fully saturated rings. The van der Waals surface area contributed by atoms with Gasteiger partial charge in [0.25, 0.3) is 0 Å². The molecular formula is C64H118N2O7P+. The fourth-order valence-corrected chi connectivity index (χ4v) is 9.30. The Morgan fingerprint density at radius 3 is 1.28 bits per heavy atom. The van der Waals surface area contributed by atoms with E-state index in [2.05, 4.69) is 86.8 Å². The Labute approximate surface area is 457 Å². The minimum atomic E-state index is -4.46. The van der Waals surface area contributed by atoms with Crippen molar-refractivity contribution in [2.45, 2.75) is 283 Å². The zero-order chi connectivity index (χ0) is 54.3. The smallest absolute Gasteiger partial charge is 0.456 e. The quantitative estimate of drug-likeness (QED) is 0.0205. The van der Waals surface area contributed by atoms with Gasteiger partial charge in [-0.1, -0.05) is 229 Å². The molecule has 0 heterocycles. The van der Waals surface area contributed by atoms with Crippen LogP contribution >= 0.6 is 7.82 Å². The number of phosphoric acid groups is 1. The summed E-state index contributed by atoms with van der Waals surface area (Å²) in [6, 6.07) is -0.868. The SMILES string of the molecule is CCCCC/C=C\C/C=C\C/C=C\C/C=C\CCCCCC(=O)OC(/C=C/CCCCCCCCCCCCC)C(COP(=O)(O)OCC[N+](C)(C)C)NC(=O)CCCCCCC/C=C/CCCCCCCCC. The monoisotopic (exact) mass is 1060 g/mol. The first-order valence-electron chi connectivity index (χ1n) is 30.8. The molecule has 0 saturated heterocycles. The van der Waals surface area contributed by atoms with Crippen LogP contribution in [0.2, 0.25) is 0 Å². The van der Waals surface area contributed by atoms with Gasteiger partial charge in [0.05, 0.1) is 33.8 Å². The minimum Gasteiger partial charge on any atom is -0.456 e. The van der Waals surface area contributed by atoms with Crippen molar-refractivity contribution < 1.29 is 37.3 Å². The van der Waals surface area contributed by atoms with Crippen molar-refractivity contribution in [1.82, 2.24) is 5.32 Å². The molecule has 3 atom stereocenters. The second kappa shape index (κ2) is 53.8. The maximum Gasteiger partial charge on any atom is 0.472 e. The Kier molecular flexibility index (Phi) is 52.0. The van der Waals surface area contributed by atoms with Gasteiger partial charge < -0.3 is 19.4 Å². The van der Waals surface area contributed by atoms with Gasteiger partial charge in [0.2, 0.25) is 5.91 Å². The summed E-state index contributed by atoms with van der Waals surface area (Å²) in [4.78, 5) is 37.7. The molecule has 0 spiro atoms. The number of phosphoric ester groups is 1. The molecule has 0 aromatic rings. The number of quaternary nitrogens is 1. The molecule has 0 radical (unpaired) electrons. The molecule has 0 rings (SSSR count). The highest BCUT2D eigenvalue weighted by Crippen LogP contribution is 2.43. The predicted octanol–water partition coefficient (Wildman–Crippen LogP) is 18.8. The van der Waals surface area contributed by atoms with Gasteiger partial charge in [0.15, 0.2) is 0 Å². The lowest BCUT2D eigenvalue weighted by atomic mass is 10.0. The third kappa shape index (κ3) is 54.2. The second-order valence-corrected chi connectivity index (χ2v) is 23.3. The van der Waals surface area contributed by atoms with Crippen LogP contribution in [0.4, 0.5) is 0 Å². The van der Waals surface area contributed by atoms with Crippen molar-refractivity contribution in [3.05, 3.63) is 72.9 Å². The zero-order valence-electron chi connectivity index (χ0n) is 49.1. The number of hydrogen-bond acceptors (Lipinski definition) is 6. The van der Waals surface area contributed by atoms with Crippen LogP contribution in [-0.2, 0) is 27.9 Å². The van der Waals surface area contributed by atoms with Gasteiger partial charge in [0.1, 0.15) is 19.3 Å². The van der Waals surface area contributed by atoms with Gasteiger partial charge in [-0.2, -0.15) is 0 Å². The topological polar surface area (TPSA) is 111 Å². The Morgan fingerprint density at radius 1 is 0.473 bits per heavy atom. The van der Waals surface area contributed by atoms with Gasteiger partial charge in [-0.25, -0.2) is 4.57 Å². The van der Waals surface area contributed by atoms with Gasteiger partial charge in [-0.05, 0) is 102 Å². The summed E-state index contributed by atoms with van der Waals surface area (Å²) < 4.78 is 30.7. The number of likely N-dealkylation sites (N-methyl/N-ethyl adjacent to an activating group) is 1. The molecule has 10 heteroatoms. The molecule has 0 aromatic heterocycles. The Bertz CT molecular complexity index is 1500. The van der Waals surface area contributed by atoms with Crippen molar-refractivity contribution in [3.8, 4) is 0 Å². The van der Waals surface area contributed by atoms with E-state index in [-0.39, 0.29) is 31.5 Å². The highest BCUT2D eigenvalue weighted by Gasteiger charge is 2.30. The van der Waals surface area contributed by atoms with Crippen LogP contribution in [0, 0.1) is 0 Å². The fraction of sp³-hybridized carbons (Fsp3) is 0.781. The van der Waals surface area contributed by atoms with Gasteiger partial charge in [0, 0.05) is 12.8 Å². The normalized spacial score (nSPS) is 14.2. The molecule has 74 heavy (non-hydrogen) atoms. The van der Waals surface area contributed by atoms with Gasteiger partial charge in [-0.3, -0.25) is 18.6 Å². The number of ether oxygens (including phenoxy) is 1. The minimum absolute atomic E-state index is 0.0313. The first-order valence-corrected chi connectivity index (χ1v) is 32.3. The first kappa shape index (κ1) is 71.5. The van der Waals surface area contributed by atoms with E-state index in [1.807, 2.05) is 33.3 Å². The summed E-state index contributed by atoms with van der Waals surface area (Å²) in [6.45, 7) is 6.96. The molecule has 0 aromatic carbocycles. The summed E-state index contributed by atoms with van der Waals surface area (Å²) in [5, 5.41) is 3.04. The van der Waals surface area contributed by atoms with Crippen molar-refractivity contribution >= 4 is 19.7 Å². The van der Waals surface area contributed by atoms with Gasteiger partial charge >= 0.3 is 13.8 Å². The summed E-state index contributed by atoms with van der Waals surface area (Å²) in [5.74, 6) is -0.548.